The van der Waals surface area contributed by atoms with Crippen LogP contribution in [0.4, 0.5) is 0 Å². The third-order valence-corrected chi connectivity index (χ3v) is 8.28. The Kier molecular flexibility index (Phi) is 4.10. The minimum absolute atomic E-state index is 0.00826. The van der Waals surface area contributed by atoms with E-state index < -0.39 is 41.0 Å². The van der Waals surface area contributed by atoms with Gasteiger partial charge >= 0.3 is 0 Å². The first-order chi connectivity index (χ1) is 12.6. The number of carbonyl (C=O) groups is 2. The van der Waals surface area contributed by atoms with Crippen molar-refractivity contribution in [1.29, 1.82) is 0 Å². The minimum atomic E-state index is -2.05. The van der Waals surface area contributed by atoms with Gasteiger partial charge in [0.1, 0.15) is 6.61 Å². The quantitative estimate of drug-likeness (QED) is 0.559. The summed E-state index contributed by atoms with van der Waals surface area (Å²) >= 11 is 0. The predicted molar refractivity (Wildman–Crippen MR) is 96.4 cm³/mol. The van der Waals surface area contributed by atoms with E-state index in [0.717, 1.165) is 18.4 Å². The van der Waals surface area contributed by atoms with Crippen molar-refractivity contribution in [2.45, 2.75) is 57.3 Å². The number of aliphatic hydroxyl groups excluding tert-OH is 3. The Morgan fingerprint density at radius 1 is 1.30 bits per heavy atom. The van der Waals surface area contributed by atoms with Crippen molar-refractivity contribution in [3.05, 3.63) is 23.8 Å². The minimum Gasteiger partial charge on any atom is -0.393 e. The highest BCUT2D eigenvalue weighted by Crippen LogP contribution is 2.67. The molecular formula is C21H28O6. The number of allylic oxidation sites excluding steroid dienone is 4. The van der Waals surface area contributed by atoms with Crippen LogP contribution in [0.5, 0.6) is 0 Å². The Morgan fingerprint density at radius 3 is 2.67 bits per heavy atom. The van der Waals surface area contributed by atoms with E-state index >= 15 is 0 Å². The summed E-state index contributed by atoms with van der Waals surface area (Å²) in [5.41, 5.74) is -2.46. The van der Waals surface area contributed by atoms with Gasteiger partial charge in [-0.25, -0.2) is 0 Å². The average molecular weight is 376 g/mol. The number of carbonyl (C=O) groups excluding carboxylic acids is 2. The second-order valence-corrected chi connectivity index (χ2v) is 9.31. The summed E-state index contributed by atoms with van der Waals surface area (Å²) in [6, 6.07) is 0. The summed E-state index contributed by atoms with van der Waals surface area (Å²) in [7, 11) is 0. The summed E-state index contributed by atoms with van der Waals surface area (Å²) in [5.74, 6) is -1.09. The third kappa shape index (κ3) is 2.21. The van der Waals surface area contributed by atoms with Crippen LogP contribution in [0.15, 0.2) is 23.8 Å². The van der Waals surface area contributed by atoms with E-state index in [1.807, 2.05) is 13.0 Å². The molecule has 8 atom stereocenters. The number of Topliss-reactive ketones (excluding diaryl/α,β-unsaturated/α-hetero) is 1. The molecule has 0 bridgehead atoms. The van der Waals surface area contributed by atoms with Gasteiger partial charge in [-0.3, -0.25) is 9.59 Å². The summed E-state index contributed by atoms with van der Waals surface area (Å²) in [6.07, 6.45) is 4.97. The molecule has 3 fully saturated rings. The number of aliphatic hydroxyl groups is 4. The van der Waals surface area contributed by atoms with E-state index in [0.29, 0.717) is 0 Å². The fourth-order valence-electron chi connectivity index (χ4n) is 6.96. The van der Waals surface area contributed by atoms with E-state index in [4.69, 9.17) is 0 Å². The van der Waals surface area contributed by atoms with E-state index in [9.17, 15) is 30.0 Å². The fraction of sp³-hybridized carbons (Fsp3) is 0.714. The largest absolute Gasteiger partial charge is 0.393 e. The van der Waals surface area contributed by atoms with Crippen LogP contribution < -0.4 is 0 Å². The van der Waals surface area contributed by atoms with Crippen LogP contribution in [0.2, 0.25) is 0 Å². The first-order valence-electron chi connectivity index (χ1n) is 9.76. The van der Waals surface area contributed by atoms with Crippen molar-refractivity contribution in [1.82, 2.24) is 0 Å². The van der Waals surface area contributed by atoms with Crippen LogP contribution in [0, 0.1) is 28.6 Å². The average Bonchev–Trinajstić information content (AvgIpc) is 2.82. The van der Waals surface area contributed by atoms with Gasteiger partial charge in [0.2, 0.25) is 0 Å². The number of rotatable bonds is 2. The predicted octanol–water partition coefficient (Wildman–Crippen LogP) is 0.528. The van der Waals surface area contributed by atoms with Gasteiger partial charge in [0.25, 0.3) is 0 Å². The van der Waals surface area contributed by atoms with Gasteiger partial charge in [0, 0.05) is 16.7 Å². The van der Waals surface area contributed by atoms with Crippen LogP contribution in [-0.4, -0.2) is 56.4 Å². The zero-order valence-corrected chi connectivity index (χ0v) is 15.8. The van der Waals surface area contributed by atoms with Crippen LogP contribution in [0.1, 0.15) is 39.5 Å². The molecule has 4 rings (SSSR count). The highest BCUT2D eigenvalue weighted by molar-refractivity contribution is 6.01. The summed E-state index contributed by atoms with van der Waals surface area (Å²) < 4.78 is 0. The van der Waals surface area contributed by atoms with Crippen molar-refractivity contribution in [2.24, 2.45) is 28.6 Å². The molecule has 6 heteroatoms. The second-order valence-electron chi connectivity index (χ2n) is 9.31. The lowest BCUT2D eigenvalue weighted by Gasteiger charge is -2.59. The zero-order valence-electron chi connectivity index (χ0n) is 15.8. The molecule has 4 aliphatic rings. The maximum Gasteiger partial charge on any atom is 0.192 e. The van der Waals surface area contributed by atoms with Gasteiger partial charge in [0.05, 0.1) is 12.2 Å². The molecule has 148 valence electrons. The van der Waals surface area contributed by atoms with Crippen molar-refractivity contribution in [3.63, 3.8) is 0 Å². The van der Waals surface area contributed by atoms with Gasteiger partial charge in [-0.1, -0.05) is 25.5 Å². The summed E-state index contributed by atoms with van der Waals surface area (Å²) in [4.78, 5) is 24.2. The SMILES string of the molecule is C[C@]12C=CC(=O)C=C1CCC1C2C(O)C[C@@]2(C)C1C[C@@H](O)C2(O)C(=O)CO. The molecule has 0 aliphatic heterocycles. The Morgan fingerprint density at radius 2 is 2.00 bits per heavy atom. The first-order valence-corrected chi connectivity index (χ1v) is 9.76. The van der Waals surface area contributed by atoms with Crippen LogP contribution in [0.3, 0.4) is 0 Å². The van der Waals surface area contributed by atoms with Gasteiger partial charge in [0.15, 0.2) is 17.2 Å². The van der Waals surface area contributed by atoms with E-state index in [2.05, 4.69) is 0 Å². The van der Waals surface area contributed by atoms with Crippen molar-refractivity contribution in [2.75, 3.05) is 6.61 Å². The Labute approximate surface area is 158 Å². The molecule has 0 amide bonds. The standard InChI is InChI=1S/C21H28O6/c1-19-6-5-12(23)7-11(19)3-4-13-14-8-16(25)21(27,17(26)10-22)20(14,2)9-15(24)18(13)19/h5-7,13-16,18,22,24-25,27H,3-4,8-10H2,1-2H3/t13?,14?,15?,16-,18?,19+,20+,21?/m1/s1. The van der Waals surface area contributed by atoms with Gasteiger partial charge in [-0.05, 0) is 49.7 Å². The van der Waals surface area contributed by atoms with Gasteiger partial charge in [-0.15, -0.1) is 0 Å². The van der Waals surface area contributed by atoms with Gasteiger partial charge < -0.3 is 20.4 Å². The molecule has 3 saturated carbocycles. The van der Waals surface area contributed by atoms with Crippen LogP contribution >= 0.6 is 0 Å². The normalized spacial score (nSPS) is 51.3. The van der Waals surface area contributed by atoms with Crippen LogP contribution in [-0.2, 0) is 9.59 Å². The maximum atomic E-state index is 12.4. The lowest BCUT2D eigenvalue weighted by molar-refractivity contribution is -0.190. The number of hydrogen-bond donors (Lipinski definition) is 4. The molecule has 0 radical (unpaired) electrons. The van der Waals surface area contributed by atoms with Crippen molar-refractivity contribution < 1.29 is 30.0 Å². The van der Waals surface area contributed by atoms with Crippen molar-refractivity contribution >= 4 is 11.6 Å². The molecule has 4 N–H and O–H groups in total. The lowest BCUT2D eigenvalue weighted by atomic mass is 9.46. The van der Waals surface area contributed by atoms with Crippen molar-refractivity contribution in [3.8, 4) is 0 Å². The maximum absolute atomic E-state index is 12.4. The molecule has 0 spiro atoms. The van der Waals surface area contributed by atoms with E-state index in [1.165, 1.54) is 0 Å². The Bertz CT molecular complexity index is 756. The molecule has 0 aromatic rings. The second kappa shape index (κ2) is 5.83. The van der Waals surface area contributed by atoms with E-state index in [1.54, 1.807) is 19.1 Å². The topological polar surface area (TPSA) is 115 Å². The molecule has 0 saturated heterocycles. The molecule has 0 aromatic heterocycles. The number of hydrogen-bond acceptors (Lipinski definition) is 6. The summed E-state index contributed by atoms with van der Waals surface area (Å²) in [6.45, 7) is 2.96. The molecule has 0 heterocycles. The first kappa shape index (κ1) is 19.0. The summed E-state index contributed by atoms with van der Waals surface area (Å²) in [5, 5.41) is 42.3. The third-order valence-electron chi connectivity index (χ3n) is 8.28. The fourth-order valence-corrected chi connectivity index (χ4v) is 6.96. The molecular weight excluding hydrogens is 348 g/mol. The van der Waals surface area contributed by atoms with Gasteiger partial charge in [-0.2, -0.15) is 0 Å². The molecule has 27 heavy (non-hydrogen) atoms. The Hall–Kier alpha value is -1.34. The molecule has 4 aliphatic carbocycles. The molecule has 0 aromatic carbocycles. The Balaban J connectivity index is 1.78. The molecule has 5 unspecified atom stereocenters. The molecule has 6 nitrogen and oxygen atoms in total. The smallest absolute Gasteiger partial charge is 0.192 e. The highest BCUT2D eigenvalue weighted by atomic mass is 16.4. The zero-order chi connectivity index (χ0) is 19.8. The van der Waals surface area contributed by atoms with Crippen LogP contribution in [0.25, 0.3) is 0 Å². The van der Waals surface area contributed by atoms with E-state index in [-0.39, 0.29) is 36.4 Å². The number of ketones is 2. The monoisotopic (exact) mass is 376 g/mol. The number of fused-ring (bicyclic) bond motifs is 5. The lowest BCUT2D eigenvalue weighted by Crippen LogP contribution is -2.63. The highest BCUT2D eigenvalue weighted by Gasteiger charge is 2.71.